The van der Waals surface area contributed by atoms with Gasteiger partial charge in [0.2, 0.25) is 5.91 Å². The van der Waals surface area contributed by atoms with Crippen LogP contribution in [0, 0.1) is 0 Å². The van der Waals surface area contributed by atoms with Crippen LogP contribution in [0.1, 0.15) is 12.1 Å². The minimum atomic E-state index is -1.01. The van der Waals surface area contributed by atoms with Gasteiger partial charge in [0.15, 0.2) is 10.8 Å². The zero-order valence-corrected chi connectivity index (χ0v) is 12.0. The highest BCUT2D eigenvalue weighted by atomic mass is 32.1. The molecule has 8 heteroatoms. The Morgan fingerprint density at radius 3 is 3.19 bits per heavy atom. The number of carboxylic acids is 1. The Morgan fingerprint density at radius 1 is 1.52 bits per heavy atom. The molecule has 21 heavy (non-hydrogen) atoms. The van der Waals surface area contributed by atoms with Crippen LogP contribution in [0.2, 0.25) is 0 Å². The molecule has 0 aromatic carbocycles. The van der Waals surface area contributed by atoms with E-state index >= 15 is 0 Å². The van der Waals surface area contributed by atoms with E-state index in [1.165, 1.54) is 17.4 Å². The van der Waals surface area contributed by atoms with Crippen LogP contribution in [-0.4, -0.2) is 46.0 Å². The molecule has 2 N–H and O–H groups in total. The molecule has 2 aromatic rings. The number of thiazole rings is 1. The van der Waals surface area contributed by atoms with Gasteiger partial charge in [-0.25, -0.2) is 9.78 Å². The summed E-state index contributed by atoms with van der Waals surface area (Å²) < 4.78 is 1.84. The number of rotatable bonds is 3. The highest BCUT2D eigenvalue weighted by Crippen LogP contribution is 2.26. The van der Waals surface area contributed by atoms with Crippen LogP contribution in [0.3, 0.4) is 0 Å². The van der Waals surface area contributed by atoms with Crippen molar-refractivity contribution in [2.45, 2.75) is 6.42 Å². The van der Waals surface area contributed by atoms with Gasteiger partial charge in [-0.2, -0.15) is 0 Å². The first-order valence-corrected chi connectivity index (χ1v) is 7.41. The van der Waals surface area contributed by atoms with Crippen molar-refractivity contribution in [3.05, 3.63) is 23.3 Å². The summed E-state index contributed by atoms with van der Waals surface area (Å²) in [6, 6.07) is 0. The average molecular weight is 306 g/mol. The lowest BCUT2D eigenvalue weighted by Crippen LogP contribution is -2.33. The van der Waals surface area contributed by atoms with Gasteiger partial charge in [0.25, 0.3) is 0 Å². The van der Waals surface area contributed by atoms with Gasteiger partial charge in [-0.15, -0.1) is 11.3 Å². The van der Waals surface area contributed by atoms with Crippen molar-refractivity contribution in [2.24, 2.45) is 0 Å². The molecule has 0 bridgehead atoms. The Kier molecular flexibility index (Phi) is 3.61. The second-order valence-electron chi connectivity index (χ2n) is 4.67. The first-order chi connectivity index (χ1) is 10.1. The fourth-order valence-electron chi connectivity index (χ4n) is 2.32. The number of nitrogens with one attached hydrogen (secondary N) is 1. The smallest absolute Gasteiger partial charge is 0.328 e. The zero-order valence-electron chi connectivity index (χ0n) is 11.2. The largest absolute Gasteiger partial charge is 0.478 e. The normalized spacial score (nSPS) is 16.4. The molecule has 1 amide bonds. The maximum Gasteiger partial charge on any atom is 0.328 e. The lowest BCUT2D eigenvalue weighted by molar-refractivity contribution is -0.131. The zero-order chi connectivity index (χ0) is 14.8. The van der Waals surface area contributed by atoms with E-state index in [9.17, 15) is 9.59 Å². The van der Waals surface area contributed by atoms with Gasteiger partial charge in [-0.3, -0.25) is 9.20 Å². The van der Waals surface area contributed by atoms with Crippen molar-refractivity contribution in [3.8, 4) is 0 Å². The molecule has 0 radical (unpaired) electrons. The summed E-state index contributed by atoms with van der Waals surface area (Å²) in [6.45, 7) is 1.59. The third-order valence-corrected chi connectivity index (χ3v) is 3.98. The molecule has 0 unspecified atom stereocenters. The molecule has 2 aromatic heterocycles. The van der Waals surface area contributed by atoms with Crippen molar-refractivity contribution in [1.82, 2.24) is 14.7 Å². The number of amides is 1. The second-order valence-corrected chi connectivity index (χ2v) is 5.55. The summed E-state index contributed by atoms with van der Waals surface area (Å²) in [5, 5.41) is 13.5. The molecule has 1 saturated heterocycles. The van der Waals surface area contributed by atoms with Gasteiger partial charge in [0, 0.05) is 30.7 Å². The topological polar surface area (TPSA) is 86.9 Å². The van der Waals surface area contributed by atoms with Gasteiger partial charge in [-0.1, -0.05) is 0 Å². The molecule has 0 saturated carbocycles. The first kappa shape index (κ1) is 13.6. The fourth-order valence-corrected chi connectivity index (χ4v) is 3.03. The van der Waals surface area contributed by atoms with Crippen molar-refractivity contribution in [2.75, 3.05) is 24.5 Å². The number of carbonyl (C=O) groups is 2. The Balaban J connectivity index is 2.03. The summed E-state index contributed by atoms with van der Waals surface area (Å²) in [7, 11) is 0. The molecule has 3 rings (SSSR count). The average Bonchev–Trinajstić information content (AvgIpc) is 2.94. The number of nitrogens with zero attached hydrogens (tertiary/aromatic N) is 3. The number of aliphatic carboxylic acids is 1. The lowest BCUT2D eigenvalue weighted by atomic mass is 10.3. The third kappa shape index (κ3) is 2.75. The molecule has 0 aliphatic carbocycles. The number of carbonyl (C=O) groups excluding carboxylic acids is 1. The van der Waals surface area contributed by atoms with E-state index in [-0.39, 0.29) is 12.5 Å². The predicted octanol–water partition coefficient (Wildman–Crippen LogP) is 0.820. The molecule has 1 fully saturated rings. The monoisotopic (exact) mass is 306 g/mol. The van der Waals surface area contributed by atoms with Gasteiger partial charge < -0.3 is 15.3 Å². The highest BCUT2D eigenvalue weighted by molar-refractivity contribution is 7.15. The van der Waals surface area contributed by atoms with Crippen LogP contribution in [-0.2, 0) is 9.59 Å². The lowest BCUT2D eigenvalue weighted by Gasteiger charge is -2.19. The van der Waals surface area contributed by atoms with Gasteiger partial charge in [0.1, 0.15) is 0 Å². The quantitative estimate of drug-likeness (QED) is 0.820. The number of imidazole rings is 1. The molecule has 1 aliphatic rings. The maximum atomic E-state index is 11.7. The molecule has 0 spiro atoms. The van der Waals surface area contributed by atoms with Crippen LogP contribution in [0.5, 0.6) is 0 Å². The Labute approximate surface area is 124 Å². The number of carboxylic acid groups (broad SMARTS) is 1. The van der Waals surface area contributed by atoms with E-state index in [2.05, 4.69) is 10.3 Å². The first-order valence-electron chi connectivity index (χ1n) is 6.53. The van der Waals surface area contributed by atoms with Gasteiger partial charge in [0.05, 0.1) is 12.2 Å². The molecule has 3 heterocycles. The molecule has 110 valence electrons. The Bertz CT molecular complexity index is 718. The van der Waals surface area contributed by atoms with E-state index in [1.54, 1.807) is 0 Å². The minimum Gasteiger partial charge on any atom is -0.478 e. The van der Waals surface area contributed by atoms with Crippen molar-refractivity contribution in [3.63, 3.8) is 0 Å². The fraction of sp³-hybridized carbons (Fsp3) is 0.308. The van der Waals surface area contributed by atoms with Crippen LogP contribution in [0.4, 0.5) is 5.82 Å². The van der Waals surface area contributed by atoms with Crippen LogP contribution >= 0.6 is 11.3 Å². The van der Waals surface area contributed by atoms with Crippen molar-refractivity contribution >= 4 is 40.1 Å². The van der Waals surface area contributed by atoms with E-state index in [4.69, 9.17) is 5.11 Å². The van der Waals surface area contributed by atoms with Crippen molar-refractivity contribution < 1.29 is 14.7 Å². The third-order valence-electron chi connectivity index (χ3n) is 3.22. The van der Waals surface area contributed by atoms with E-state index in [0.29, 0.717) is 24.6 Å². The van der Waals surface area contributed by atoms with Crippen LogP contribution < -0.4 is 10.2 Å². The predicted molar refractivity (Wildman–Crippen MR) is 79.6 cm³/mol. The van der Waals surface area contributed by atoms with Crippen LogP contribution in [0.25, 0.3) is 11.0 Å². The molecule has 1 aliphatic heterocycles. The van der Waals surface area contributed by atoms with E-state index < -0.39 is 5.97 Å². The van der Waals surface area contributed by atoms with E-state index in [1.807, 2.05) is 20.9 Å². The summed E-state index contributed by atoms with van der Waals surface area (Å²) >= 11 is 1.47. The SMILES string of the molecule is O=C(O)C=Cc1c(N2CCCNC(=O)C2)nc2sccn12. The van der Waals surface area contributed by atoms with E-state index in [0.717, 1.165) is 17.5 Å². The molecule has 7 nitrogen and oxygen atoms in total. The number of fused-ring (bicyclic) bond motifs is 1. The Hall–Kier alpha value is -2.35. The number of anilines is 1. The number of hydrogen-bond donors (Lipinski definition) is 2. The van der Waals surface area contributed by atoms with Crippen LogP contribution in [0.15, 0.2) is 17.7 Å². The number of hydrogen-bond acceptors (Lipinski definition) is 5. The van der Waals surface area contributed by atoms with Gasteiger partial charge >= 0.3 is 5.97 Å². The van der Waals surface area contributed by atoms with Gasteiger partial charge in [-0.05, 0) is 12.5 Å². The summed E-state index contributed by atoms with van der Waals surface area (Å²) in [5.41, 5.74) is 0.684. The summed E-state index contributed by atoms with van der Waals surface area (Å²) in [4.78, 5) is 29.7. The maximum absolute atomic E-state index is 11.7. The molecular weight excluding hydrogens is 292 g/mol. The highest BCUT2D eigenvalue weighted by Gasteiger charge is 2.21. The molecular formula is C13H14N4O3S. The molecule has 0 atom stereocenters. The second kappa shape index (κ2) is 5.57. The van der Waals surface area contributed by atoms with Crippen molar-refractivity contribution in [1.29, 1.82) is 0 Å². The summed E-state index contributed by atoms with van der Waals surface area (Å²) in [6.07, 6.45) is 5.28. The summed E-state index contributed by atoms with van der Waals surface area (Å²) in [5.74, 6) is -0.409. The Morgan fingerprint density at radius 2 is 2.38 bits per heavy atom. The minimum absolute atomic E-state index is 0.0444. The number of aromatic nitrogens is 2. The standard InChI is InChI=1S/C13H14N4O3S/c18-10-8-16(5-1-4-14-10)12-9(2-3-11(19)20)17-6-7-21-13(17)15-12/h2-3,6-7H,1,4-5,8H2,(H,14,18)(H,19,20).